The van der Waals surface area contributed by atoms with Crippen molar-refractivity contribution in [1.82, 2.24) is 0 Å². The van der Waals surface area contributed by atoms with Gasteiger partial charge in [0.25, 0.3) is 0 Å². The van der Waals surface area contributed by atoms with Crippen LogP contribution in [0.5, 0.6) is 11.5 Å². The number of nitrogens with zero attached hydrogens (tertiary/aromatic N) is 1. The third-order valence-corrected chi connectivity index (χ3v) is 5.83. The average molecular weight is 399 g/mol. The molecule has 0 saturated carbocycles. The SMILES string of the molecule is COc1cc(C)cc(OC)c1N1c2ccccc2CCCc2c1oc1ccccc21. The van der Waals surface area contributed by atoms with Gasteiger partial charge >= 0.3 is 0 Å². The Bertz CT molecular complexity index is 1200. The van der Waals surface area contributed by atoms with Crippen molar-refractivity contribution < 1.29 is 13.9 Å². The van der Waals surface area contributed by atoms with Crippen molar-refractivity contribution in [3.05, 3.63) is 77.4 Å². The van der Waals surface area contributed by atoms with Gasteiger partial charge in [-0.2, -0.15) is 0 Å². The average Bonchev–Trinajstić information content (AvgIpc) is 3.11. The molecule has 4 aromatic rings. The zero-order valence-electron chi connectivity index (χ0n) is 17.6. The Morgan fingerprint density at radius 2 is 1.57 bits per heavy atom. The standard InChI is InChI=1S/C26H25NO3/c1-17-15-23(28-2)25(24(16-17)29-3)27-21-13-6-4-9-18(21)10-8-12-20-19-11-5-7-14-22(19)30-26(20)27/h4-7,9,11,13-16H,8,10,12H2,1-3H3. The summed E-state index contributed by atoms with van der Waals surface area (Å²) in [6.07, 6.45) is 3.03. The van der Waals surface area contributed by atoms with E-state index in [1.54, 1.807) is 14.2 Å². The number of hydrogen-bond acceptors (Lipinski definition) is 4. The summed E-state index contributed by atoms with van der Waals surface area (Å²) in [5.41, 5.74) is 6.45. The number of fused-ring (bicyclic) bond motifs is 4. The van der Waals surface area contributed by atoms with E-state index in [-0.39, 0.29) is 0 Å². The minimum atomic E-state index is 0.758. The molecule has 2 heterocycles. The lowest BCUT2D eigenvalue weighted by molar-refractivity contribution is 0.395. The summed E-state index contributed by atoms with van der Waals surface area (Å²) >= 11 is 0. The van der Waals surface area contributed by atoms with E-state index in [2.05, 4.69) is 41.3 Å². The normalized spacial score (nSPS) is 13.4. The van der Waals surface area contributed by atoms with Crippen LogP contribution in [0.25, 0.3) is 11.0 Å². The third kappa shape index (κ3) is 2.91. The van der Waals surface area contributed by atoms with Crippen molar-refractivity contribution in [3.8, 4) is 11.5 Å². The van der Waals surface area contributed by atoms with Gasteiger partial charge in [-0.3, -0.25) is 4.90 Å². The smallest absolute Gasteiger partial charge is 0.209 e. The molecule has 0 fully saturated rings. The fraction of sp³-hybridized carbons (Fsp3) is 0.231. The van der Waals surface area contributed by atoms with Crippen LogP contribution >= 0.6 is 0 Å². The molecule has 0 spiro atoms. The molecule has 30 heavy (non-hydrogen) atoms. The Morgan fingerprint density at radius 1 is 0.867 bits per heavy atom. The molecular formula is C26H25NO3. The van der Waals surface area contributed by atoms with E-state index in [0.29, 0.717) is 0 Å². The molecule has 0 amide bonds. The van der Waals surface area contributed by atoms with Crippen LogP contribution < -0.4 is 14.4 Å². The van der Waals surface area contributed by atoms with E-state index < -0.39 is 0 Å². The van der Waals surface area contributed by atoms with E-state index in [4.69, 9.17) is 13.9 Å². The van der Waals surface area contributed by atoms with E-state index in [0.717, 1.165) is 59.2 Å². The van der Waals surface area contributed by atoms with Crippen LogP contribution in [0.1, 0.15) is 23.1 Å². The van der Waals surface area contributed by atoms with Gasteiger partial charge in [0.05, 0.1) is 19.9 Å². The predicted octanol–water partition coefficient (Wildman–Crippen LogP) is 6.72. The minimum Gasteiger partial charge on any atom is -0.494 e. The van der Waals surface area contributed by atoms with E-state index >= 15 is 0 Å². The molecule has 0 N–H and O–H groups in total. The molecule has 0 radical (unpaired) electrons. The second kappa shape index (κ2) is 7.45. The minimum absolute atomic E-state index is 0.758. The maximum absolute atomic E-state index is 6.49. The molecule has 1 aromatic heterocycles. The number of rotatable bonds is 3. The monoisotopic (exact) mass is 399 g/mol. The molecule has 4 heteroatoms. The first-order valence-corrected chi connectivity index (χ1v) is 10.3. The highest BCUT2D eigenvalue weighted by atomic mass is 16.5. The van der Waals surface area contributed by atoms with Crippen molar-refractivity contribution >= 4 is 28.2 Å². The number of furan rings is 1. The molecule has 0 unspecified atom stereocenters. The zero-order chi connectivity index (χ0) is 20.7. The van der Waals surface area contributed by atoms with Gasteiger partial charge < -0.3 is 13.9 Å². The summed E-state index contributed by atoms with van der Waals surface area (Å²) in [5.74, 6) is 2.35. The Morgan fingerprint density at radius 3 is 2.33 bits per heavy atom. The van der Waals surface area contributed by atoms with Crippen molar-refractivity contribution in [2.75, 3.05) is 19.1 Å². The topological polar surface area (TPSA) is 34.8 Å². The molecule has 3 aromatic carbocycles. The quantitative estimate of drug-likeness (QED) is 0.383. The highest BCUT2D eigenvalue weighted by molar-refractivity contribution is 5.93. The van der Waals surface area contributed by atoms with Gasteiger partial charge in [-0.15, -0.1) is 0 Å². The summed E-state index contributed by atoms with van der Waals surface area (Å²) in [4.78, 5) is 2.18. The largest absolute Gasteiger partial charge is 0.494 e. The molecule has 0 bridgehead atoms. The highest BCUT2D eigenvalue weighted by Crippen LogP contribution is 2.51. The van der Waals surface area contributed by atoms with Crippen LogP contribution in [-0.2, 0) is 12.8 Å². The Hall–Kier alpha value is -3.40. The molecular weight excluding hydrogens is 374 g/mol. The Labute approximate surface area is 176 Å². The van der Waals surface area contributed by atoms with Gasteiger partial charge in [0.15, 0.2) is 0 Å². The van der Waals surface area contributed by atoms with Crippen LogP contribution in [0, 0.1) is 6.92 Å². The summed E-state index contributed by atoms with van der Waals surface area (Å²) in [7, 11) is 3.40. The maximum Gasteiger partial charge on any atom is 0.209 e. The number of ether oxygens (including phenoxy) is 2. The second-order valence-electron chi connectivity index (χ2n) is 7.72. The van der Waals surface area contributed by atoms with Crippen molar-refractivity contribution in [2.45, 2.75) is 26.2 Å². The number of aryl methyl sites for hydroxylation is 3. The van der Waals surface area contributed by atoms with Crippen LogP contribution in [0.2, 0.25) is 0 Å². The van der Waals surface area contributed by atoms with Crippen LogP contribution in [-0.4, -0.2) is 14.2 Å². The highest BCUT2D eigenvalue weighted by Gasteiger charge is 2.30. The summed E-state index contributed by atoms with van der Waals surface area (Å²) < 4.78 is 18.2. The molecule has 0 atom stereocenters. The van der Waals surface area contributed by atoms with Crippen molar-refractivity contribution in [3.63, 3.8) is 0 Å². The molecule has 0 saturated heterocycles. The molecule has 152 valence electrons. The van der Waals surface area contributed by atoms with Gasteiger partial charge in [-0.05, 0) is 61.6 Å². The molecule has 1 aliphatic rings. The zero-order valence-corrected chi connectivity index (χ0v) is 17.6. The fourth-order valence-corrected chi connectivity index (χ4v) is 4.48. The molecule has 0 aliphatic carbocycles. The van der Waals surface area contributed by atoms with Gasteiger partial charge in [-0.1, -0.05) is 36.4 Å². The van der Waals surface area contributed by atoms with Crippen LogP contribution in [0.15, 0.2) is 65.1 Å². The maximum atomic E-state index is 6.49. The number of methoxy groups -OCH3 is 2. The van der Waals surface area contributed by atoms with E-state index in [1.807, 2.05) is 31.2 Å². The Kier molecular flexibility index (Phi) is 4.62. The van der Waals surface area contributed by atoms with E-state index in [9.17, 15) is 0 Å². The van der Waals surface area contributed by atoms with Gasteiger partial charge in [0, 0.05) is 10.9 Å². The van der Waals surface area contributed by atoms with Gasteiger partial charge in [-0.25, -0.2) is 0 Å². The van der Waals surface area contributed by atoms with Crippen LogP contribution in [0.3, 0.4) is 0 Å². The second-order valence-corrected chi connectivity index (χ2v) is 7.72. The summed E-state index contributed by atoms with van der Waals surface area (Å²) in [6.45, 7) is 2.04. The number of benzene rings is 3. The van der Waals surface area contributed by atoms with Gasteiger partial charge in [0.2, 0.25) is 5.88 Å². The first-order valence-electron chi connectivity index (χ1n) is 10.3. The lowest BCUT2D eigenvalue weighted by atomic mass is 9.97. The lowest BCUT2D eigenvalue weighted by Gasteiger charge is -2.30. The Balaban J connectivity index is 1.88. The first kappa shape index (κ1) is 18.6. The lowest BCUT2D eigenvalue weighted by Crippen LogP contribution is -2.17. The predicted molar refractivity (Wildman–Crippen MR) is 121 cm³/mol. The van der Waals surface area contributed by atoms with Crippen LogP contribution in [0.4, 0.5) is 17.3 Å². The molecule has 1 aliphatic heterocycles. The van der Waals surface area contributed by atoms with E-state index in [1.165, 1.54) is 16.5 Å². The number of para-hydroxylation sites is 2. The summed E-state index contributed by atoms with van der Waals surface area (Å²) in [5, 5.41) is 1.17. The number of anilines is 3. The summed E-state index contributed by atoms with van der Waals surface area (Å²) in [6, 6.07) is 20.9. The first-order chi connectivity index (χ1) is 14.7. The molecule has 4 nitrogen and oxygen atoms in total. The van der Waals surface area contributed by atoms with Crippen molar-refractivity contribution in [1.29, 1.82) is 0 Å². The van der Waals surface area contributed by atoms with Gasteiger partial charge in [0.1, 0.15) is 22.8 Å². The molecule has 5 rings (SSSR count). The third-order valence-electron chi connectivity index (χ3n) is 5.83. The number of hydrogen-bond donors (Lipinski definition) is 0. The van der Waals surface area contributed by atoms with Crippen molar-refractivity contribution in [2.24, 2.45) is 0 Å². The fourth-order valence-electron chi connectivity index (χ4n) is 4.48.